The lowest BCUT2D eigenvalue weighted by Gasteiger charge is -2.45. The van der Waals surface area contributed by atoms with Crippen molar-refractivity contribution in [2.45, 2.75) is 110 Å². The molecule has 1 unspecified atom stereocenters. The molecule has 396 valence electrons. The second kappa shape index (κ2) is 24.3. The van der Waals surface area contributed by atoms with Gasteiger partial charge in [0.15, 0.2) is 0 Å². The number of carbonyl (C=O) groups is 4. The van der Waals surface area contributed by atoms with Crippen molar-refractivity contribution in [3.63, 3.8) is 0 Å². The van der Waals surface area contributed by atoms with Gasteiger partial charge in [0, 0.05) is 92.7 Å². The Hall–Kier alpha value is -7.39. The Morgan fingerprint density at radius 3 is 2.43 bits per heavy atom. The zero-order valence-corrected chi connectivity index (χ0v) is 43.6. The number of allylic oxidation sites excluding steroid dienone is 1. The van der Waals surface area contributed by atoms with Gasteiger partial charge in [-0.3, -0.25) is 24.1 Å². The van der Waals surface area contributed by atoms with Crippen LogP contribution in [0.25, 0.3) is 16.6 Å². The number of nitriles is 1. The zero-order chi connectivity index (χ0) is 53.2. The van der Waals surface area contributed by atoms with E-state index in [1.165, 1.54) is 50.5 Å². The van der Waals surface area contributed by atoms with Gasteiger partial charge in [0.25, 0.3) is 11.8 Å². The van der Waals surface area contributed by atoms with Gasteiger partial charge in [-0.15, -0.1) is 0 Å². The summed E-state index contributed by atoms with van der Waals surface area (Å²) in [5, 5.41) is 19.7. The predicted octanol–water partition coefficient (Wildman–Crippen LogP) is 8.11. The molecule has 3 fully saturated rings. The molecular weight excluding hydrogens is 957 g/mol. The molecule has 0 bridgehead atoms. The van der Waals surface area contributed by atoms with Crippen molar-refractivity contribution in [2.24, 2.45) is 0 Å². The number of halogens is 2. The molecule has 7 heterocycles. The third-order valence-corrected chi connectivity index (χ3v) is 14.9. The second-order valence-corrected chi connectivity index (χ2v) is 20.3. The maximum absolute atomic E-state index is 14.4. The lowest BCUT2D eigenvalue weighted by molar-refractivity contribution is -0.126. The van der Waals surface area contributed by atoms with Gasteiger partial charge >= 0.3 is 0 Å². The highest BCUT2D eigenvalue weighted by Crippen LogP contribution is 2.34. The fourth-order valence-corrected chi connectivity index (χ4v) is 10.5. The Kier molecular flexibility index (Phi) is 17.5. The monoisotopic (exact) mass is 1030 g/mol. The Morgan fingerprint density at radius 1 is 0.973 bits per heavy atom. The Morgan fingerprint density at radius 2 is 1.75 bits per heavy atom. The van der Waals surface area contributed by atoms with Crippen LogP contribution in [0.5, 0.6) is 5.75 Å². The highest BCUT2D eigenvalue weighted by molar-refractivity contribution is 6.02. The molecule has 0 saturated carbocycles. The molecule has 0 radical (unpaired) electrons. The number of fused-ring (bicyclic) bond motifs is 2. The van der Waals surface area contributed by atoms with E-state index in [9.17, 15) is 33.2 Å². The predicted molar refractivity (Wildman–Crippen MR) is 284 cm³/mol. The van der Waals surface area contributed by atoms with Crippen LogP contribution in [-0.4, -0.2) is 130 Å². The van der Waals surface area contributed by atoms with E-state index < -0.39 is 29.1 Å². The van der Waals surface area contributed by atoms with E-state index in [0.717, 1.165) is 85.2 Å². The molecule has 2 N–H and O–H groups in total. The van der Waals surface area contributed by atoms with Crippen LogP contribution >= 0.6 is 0 Å². The van der Waals surface area contributed by atoms with E-state index in [4.69, 9.17) is 9.72 Å². The van der Waals surface area contributed by atoms with Crippen molar-refractivity contribution >= 4 is 41.2 Å². The summed E-state index contributed by atoms with van der Waals surface area (Å²) in [5.41, 5.74) is 5.11. The van der Waals surface area contributed by atoms with E-state index in [2.05, 4.69) is 62.1 Å². The molecule has 3 saturated heterocycles. The second-order valence-electron chi connectivity index (χ2n) is 20.3. The highest BCUT2D eigenvalue weighted by atomic mass is 19.1. The number of amides is 4. The molecule has 9 rings (SSSR count). The fraction of sp³-hybridized carbons (Fsp3) is 0.456. The number of pyridine rings is 2. The molecule has 4 aliphatic rings. The summed E-state index contributed by atoms with van der Waals surface area (Å²) < 4.78 is 35.6. The van der Waals surface area contributed by atoms with E-state index >= 15 is 0 Å². The van der Waals surface area contributed by atoms with Crippen LogP contribution in [0.4, 0.5) is 20.3 Å². The van der Waals surface area contributed by atoms with Crippen LogP contribution in [0.2, 0.25) is 0 Å². The quantitative estimate of drug-likeness (QED) is 0.0642. The number of aromatic nitrogens is 3. The minimum atomic E-state index is -0.863. The van der Waals surface area contributed by atoms with Crippen LogP contribution in [-0.2, 0) is 16.1 Å². The third kappa shape index (κ3) is 12.6. The Bertz CT molecular complexity index is 2900. The molecule has 4 amide bonds. The standard InChI is InChI=1S/C32H33F2N7O3.C25H36N4O2/c1-4-44-25-14-26(30-23(15-35)17-37-41(30)18-25)22-5-8-29(36-16-22)39-11-9-32(10-12-39,19-40(20-42)21(2)3)38-31(43)27-13-24(33)6-7-28(27)34;1-3-4-5-6-7-12-27-13-15-28(16-14-27)21-9-10-22-20(17-21)18-29(25(22)31)23-11-8-19(2)26-24(23)30/h5-8,13-14,16-18,20-21H,4,9-12,19H2,1-3H3,(H,38,43);9-10,17,23H,2-8,11-16,18H2,1H3,(H,26,30). The average Bonchev–Trinajstić information content (AvgIpc) is 3.98. The Labute approximate surface area is 438 Å². The summed E-state index contributed by atoms with van der Waals surface area (Å²) in [5.74, 6) is -1.07. The molecule has 4 aliphatic heterocycles. The maximum atomic E-state index is 14.4. The molecular formula is C57H69F2N11O5. The largest absolute Gasteiger partial charge is 0.492 e. The number of hydrogen-bond donors (Lipinski definition) is 2. The van der Waals surface area contributed by atoms with Crippen LogP contribution < -0.4 is 25.2 Å². The summed E-state index contributed by atoms with van der Waals surface area (Å²) in [6.45, 7) is 19.4. The Balaban J connectivity index is 0.000000211. The van der Waals surface area contributed by atoms with Crippen LogP contribution in [0.15, 0.2) is 85.5 Å². The molecule has 16 nitrogen and oxygen atoms in total. The maximum Gasteiger partial charge on any atom is 0.255 e. The van der Waals surface area contributed by atoms with Gasteiger partial charge in [0.1, 0.15) is 35.3 Å². The molecule has 0 spiro atoms. The van der Waals surface area contributed by atoms with Gasteiger partial charge in [-0.25, -0.2) is 18.3 Å². The highest BCUT2D eigenvalue weighted by Gasteiger charge is 2.40. The number of carbonyl (C=O) groups excluding carboxylic acids is 4. The minimum Gasteiger partial charge on any atom is -0.492 e. The topological polar surface area (TPSA) is 172 Å². The lowest BCUT2D eigenvalue weighted by atomic mass is 9.86. The first-order valence-corrected chi connectivity index (χ1v) is 26.4. The molecule has 0 aliphatic carbocycles. The fourth-order valence-electron chi connectivity index (χ4n) is 10.5. The lowest BCUT2D eigenvalue weighted by Crippen LogP contribution is -2.61. The summed E-state index contributed by atoms with van der Waals surface area (Å²) in [7, 11) is 0. The number of nitrogens with one attached hydrogen (secondary N) is 2. The summed E-state index contributed by atoms with van der Waals surface area (Å²) in [4.78, 5) is 65.4. The number of nitrogens with zero attached hydrogens (tertiary/aromatic N) is 9. The first-order chi connectivity index (χ1) is 36.2. The summed E-state index contributed by atoms with van der Waals surface area (Å²) in [6, 6.07) is 16.3. The number of rotatable bonds is 18. The van der Waals surface area contributed by atoms with E-state index in [1.54, 1.807) is 26.7 Å². The van der Waals surface area contributed by atoms with Gasteiger partial charge in [0.2, 0.25) is 12.3 Å². The minimum absolute atomic E-state index is 0.0258. The van der Waals surface area contributed by atoms with Gasteiger partial charge in [0.05, 0.1) is 41.2 Å². The van der Waals surface area contributed by atoms with Crippen LogP contribution in [0.3, 0.4) is 0 Å². The van der Waals surface area contributed by atoms with Gasteiger partial charge in [-0.05, 0) is 120 Å². The molecule has 2 aromatic carbocycles. The summed E-state index contributed by atoms with van der Waals surface area (Å²) in [6.07, 6.45) is 14.6. The molecule has 3 aromatic heterocycles. The van der Waals surface area contributed by atoms with E-state index in [0.29, 0.717) is 68.2 Å². The third-order valence-electron chi connectivity index (χ3n) is 14.9. The number of unbranched alkanes of at least 4 members (excludes halogenated alkanes) is 4. The number of hydrogen-bond acceptors (Lipinski definition) is 11. The summed E-state index contributed by atoms with van der Waals surface area (Å²) >= 11 is 0. The molecule has 18 heteroatoms. The first-order valence-electron chi connectivity index (χ1n) is 26.4. The number of piperidine rings is 2. The van der Waals surface area contributed by atoms with Gasteiger partial charge in [-0.1, -0.05) is 39.2 Å². The van der Waals surface area contributed by atoms with Gasteiger partial charge in [-0.2, -0.15) is 10.4 Å². The van der Waals surface area contributed by atoms with Crippen molar-refractivity contribution in [1.82, 2.24) is 39.9 Å². The smallest absolute Gasteiger partial charge is 0.255 e. The number of piperazine rings is 1. The van der Waals surface area contributed by atoms with Crippen molar-refractivity contribution in [2.75, 3.05) is 68.8 Å². The molecule has 75 heavy (non-hydrogen) atoms. The average molecular weight is 1030 g/mol. The van der Waals surface area contributed by atoms with Crippen molar-refractivity contribution in [3.05, 3.63) is 119 Å². The van der Waals surface area contributed by atoms with Crippen molar-refractivity contribution < 1.29 is 32.7 Å². The van der Waals surface area contributed by atoms with E-state index in [-0.39, 0.29) is 30.0 Å². The normalized spacial score (nSPS) is 17.5. The number of ether oxygens (including phenoxy) is 1. The van der Waals surface area contributed by atoms with Crippen LogP contribution in [0.1, 0.15) is 117 Å². The number of benzene rings is 2. The zero-order valence-electron chi connectivity index (χ0n) is 43.6. The first kappa shape index (κ1) is 53.9. The molecule has 1 atom stereocenters. The van der Waals surface area contributed by atoms with Crippen LogP contribution in [0, 0.1) is 23.0 Å². The van der Waals surface area contributed by atoms with Gasteiger partial charge < -0.3 is 35.0 Å². The van der Waals surface area contributed by atoms with E-state index in [1.807, 2.05) is 45.0 Å². The van der Waals surface area contributed by atoms with Crippen molar-refractivity contribution in [1.29, 1.82) is 5.26 Å². The molecule has 5 aromatic rings. The van der Waals surface area contributed by atoms with Crippen molar-refractivity contribution in [3.8, 4) is 22.9 Å². The number of anilines is 2. The SMILES string of the molecule is C=C1CCC(N2Cc3cc(N4CCN(CCCCCCC)CC4)ccc3C2=O)C(=O)N1.CCOc1cc(-c2ccc(N3CCC(CN(C=O)C(C)C)(NC(=O)c4cc(F)ccc4F)CC3)nc2)c2c(C#N)cnn2c1.